The number of hydrogen-bond donors (Lipinski definition) is 1. The van der Waals surface area contributed by atoms with Gasteiger partial charge in [-0.15, -0.1) is 0 Å². The number of nitrogens with zero attached hydrogens (tertiary/aromatic N) is 3. The van der Waals surface area contributed by atoms with Gasteiger partial charge >= 0.3 is 0 Å². The van der Waals surface area contributed by atoms with Gasteiger partial charge in [-0.25, -0.2) is 4.68 Å². The Morgan fingerprint density at radius 1 is 1.15 bits per heavy atom. The van der Waals surface area contributed by atoms with Crippen LogP contribution in [-0.4, -0.2) is 28.8 Å². The minimum atomic E-state index is -0.247. The van der Waals surface area contributed by atoms with Crippen LogP contribution >= 0.6 is 11.6 Å². The normalized spacial score (nSPS) is 16.5. The van der Waals surface area contributed by atoms with E-state index in [1.165, 1.54) is 12.1 Å². The molecule has 6 heteroatoms. The van der Waals surface area contributed by atoms with Gasteiger partial charge in [-0.2, -0.15) is 5.10 Å². The molecular weight excluding hydrogens is 360 g/mol. The number of benzene rings is 2. The molecule has 3 aromatic rings. The maximum Gasteiger partial charge on any atom is 0.276 e. The second kappa shape index (κ2) is 7.45. The average Bonchev–Trinajstić information content (AvgIpc) is 3.32. The van der Waals surface area contributed by atoms with Gasteiger partial charge < -0.3 is 10.2 Å². The van der Waals surface area contributed by atoms with E-state index >= 15 is 0 Å². The van der Waals surface area contributed by atoms with Crippen LogP contribution in [0.1, 0.15) is 23.8 Å². The second-order valence-electron chi connectivity index (χ2n) is 6.94. The van der Waals surface area contributed by atoms with Gasteiger partial charge in [-0.1, -0.05) is 30.7 Å². The van der Waals surface area contributed by atoms with E-state index in [-0.39, 0.29) is 5.91 Å². The number of carbonyl (C=O) groups is 1. The molecule has 1 fully saturated rings. The van der Waals surface area contributed by atoms with Crippen molar-refractivity contribution in [1.29, 1.82) is 0 Å². The molecule has 0 saturated carbocycles. The van der Waals surface area contributed by atoms with Gasteiger partial charge in [0.25, 0.3) is 5.91 Å². The van der Waals surface area contributed by atoms with E-state index < -0.39 is 0 Å². The fourth-order valence-corrected chi connectivity index (χ4v) is 3.56. The summed E-state index contributed by atoms with van der Waals surface area (Å²) in [4.78, 5) is 14.9. The second-order valence-corrected chi connectivity index (χ2v) is 7.35. The summed E-state index contributed by atoms with van der Waals surface area (Å²) in [6.45, 7) is 4.45. The van der Waals surface area contributed by atoms with Crippen LogP contribution in [0.2, 0.25) is 5.02 Å². The van der Waals surface area contributed by atoms with E-state index in [1.807, 2.05) is 30.3 Å². The highest BCUT2D eigenvalue weighted by atomic mass is 35.5. The molecule has 1 aliphatic heterocycles. The fraction of sp³-hybridized carbons (Fsp3) is 0.238. The van der Waals surface area contributed by atoms with Gasteiger partial charge in [0, 0.05) is 30.7 Å². The summed E-state index contributed by atoms with van der Waals surface area (Å²) in [7, 11) is 0. The molecule has 27 heavy (non-hydrogen) atoms. The van der Waals surface area contributed by atoms with Crippen molar-refractivity contribution in [2.24, 2.45) is 5.92 Å². The zero-order valence-electron chi connectivity index (χ0n) is 15.1. The minimum Gasteiger partial charge on any atom is -0.371 e. The van der Waals surface area contributed by atoms with Crippen molar-refractivity contribution in [3.05, 3.63) is 71.5 Å². The lowest BCUT2D eigenvalue weighted by Gasteiger charge is -2.18. The van der Waals surface area contributed by atoms with E-state index in [9.17, 15) is 4.79 Å². The van der Waals surface area contributed by atoms with Crippen LogP contribution < -0.4 is 10.2 Å². The maximum absolute atomic E-state index is 12.5. The lowest BCUT2D eigenvalue weighted by molar-refractivity contribution is 0.102. The summed E-state index contributed by atoms with van der Waals surface area (Å²) < 4.78 is 1.61. The standard InChI is InChI=1S/C21H21ClN4O/c1-15-10-12-25(14-15)17-8-6-16(7-9-17)23-21(27)19-11-13-26(24-19)20-5-3-2-4-18(20)22/h2-9,11,13,15H,10,12,14H2,1H3,(H,23,27). The Kier molecular flexibility index (Phi) is 4.86. The van der Waals surface area contributed by atoms with Crippen LogP contribution in [0.5, 0.6) is 0 Å². The van der Waals surface area contributed by atoms with Crippen molar-refractivity contribution >= 4 is 28.9 Å². The number of aromatic nitrogens is 2. The molecular formula is C21H21ClN4O. The van der Waals surface area contributed by atoms with Crippen molar-refractivity contribution in [1.82, 2.24) is 9.78 Å². The number of hydrogen-bond acceptors (Lipinski definition) is 3. The third-order valence-electron chi connectivity index (χ3n) is 4.84. The first kappa shape index (κ1) is 17.6. The average molecular weight is 381 g/mol. The van der Waals surface area contributed by atoms with E-state index in [0.717, 1.165) is 30.4 Å². The third kappa shape index (κ3) is 3.83. The molecule has 5 nitrogen and oxygen atoms in total. The van der Waals surface area contributed by atoms with Crippen LogP contribution in [0.4, 0.5) is 11.4 Å². The Balaban J connectivity index is 1.44. The Hall–Kier alpha value is -2.79. The molecule has 2 aromatic carbocycles. The smallest absolute Gasteiger partial charge is 0.276 e. The zero-order valence-corrected chi connectivity index (χ0v) is 15.9. The Morgan fingerprint density at radius 3 is 2.63 bits per heavy atom. The van der Waals surface area contributed by atoms with Gasteiger partial charge in [-0.3, -0.25) is 4.79 Å². The van der Waals surface area contributed by atoms with Crippen molar-refractivity contribution in [3.63, 3.8) is 0 Å². The van der Waals surface area contributed by atoms with Crippen LogP contribution in [0.3, 0.4) is 0 Å². The molecule has 0 radical (unpaired) electrons. The Bertz CT molecular complexity index is 951. The van der Waals surface area contributed by atoms with Crippen LogP contribution in [0.25, 0.3) is 5.69 Å². The first-order valence-electron chi connectivity index (χ1n) is 9.07. The monoisotopic (exact) mass is 380 g/mol. The zero-order chi connectivity index (χ0) is 18.8. The SMILES string of the molecule is CC1CCN(c2ccc(NC(=O)c3ccn(-c4ccccc4Cl)n3)cc2)C1. The van der Waals surface area contributed by atoms with Crippen molar-refractivity contribution in [2.45, 2.75) is 13.3 Å². The Morgan fingerprint density at radius 2 is 1.93 bits per heavy atom. The number of halogens is 1. The summed E-state index contributed by atoms with van der Waals surface area (Å²) in [6.07, 6.45) is 2.96. The molecule has 0 spiro atoms. The Labute approximate surface area is 163 Å². The summed E-state index contributed by atoms with van der Waals surface area (Å²) in [5, 5.41) is 7.82. The quantitative estimate of drug-likeness (QED) is 0.718. The van der Waals surface area contributed by atoms with Gasteiger partial charge in [0.15, 0.2) is 5.69 Å². The number of nitrogens with one attached hydrogen (secondary N) is 1. The molecule has 138 valence electrons. The first-order chi connectivity index (χ1) is 13.1. The maximum atomic E-state index is 12.5. The number of rotatable bonds is 4. The van der Waals surface area contributed by atoms with Crippen LogP contribution in [0, 0.1) is 5.92 Å². The van der Waals surface area contributed by atoms with Crippen LogP contribution in [-0.2, 0) is 0 Å². The van der Waals surface area contributed by atoms with E-state index in [0.29, 0.717) is 10.7 Å². The van der Waals surface area contributed by atoms with Crippen molar-refractivity contribution in [2.75, 3.05) is 23.3 Å². The van der Waals surface area contributed by atoms with Gasteiger partial charge in [-0.05, 0) is 54.8 Å². The molecule has 1 aliphatic rings. The number of para-hydroxylation sites is 1. The largest absolute Gasteiger partial charge is 0.371 e. The molecule has 1 saturated heterocycles. The summed E-state index contributed by atoms with van der Waals surface area (Å²) in [5.74, 6) is 0.487. The summed E-state index contributed by atoms with van der Waals surface area (Å²) in [6, 6.07) is 17.0. The van der Waals surface area contributed by atoms with Gasteiger partial charge in [0.2, 0.25) is 0 Å². The third-order valence-corrected chi connectivity index (χ3v) is 5.15. The minimum absolute atomic E-state index is 0.247. The highest BCUT2D eigenvalue weighted by Crippen LogP contribution is 2.25. The van der Waals surface area contributed by atoms with Crippen molar-refractivity contribution in [3.8, 4) is 5.69 Å². The predicted octanol–water partition coefficient (Wildman–Crippen LogP) is 4.62. The van der Waals surface area contributed by atoms with Gasteiger partial charge in [0.05, 0.1) is 10.7 Å². The molecule has 1 aromatic heterocycles. The molecule has 1 unspecified atom stereocenters. The van der Waals surface area contributed by atoms with Crippen LogP contribution in [0.15, 0.2) is 60.8 Å². The predicted molar refractivity (Wildman–Crippen MR) is 109 cm³/mol. The van der Waals surface area contributed by atoms with E-state index in [1.54, 1.807) is 23.0 Å². The molecule has 0 aliphatic carbocycles. The molecule has 4 rings (SSSR count). The van der Waals surface area contributed by atoms with E-state index in [4.69, 9.17) is 11.6 Å². The first-order valence-corrected chi connectivity index (χ1v) is 9.45. The lowest BCUT2D eigenvalue weighted by atomic mass is 10.2. The molecule has 1 atom stereocenters. The fourth-order valence-electron chi connectivity index (χ4n) is 3.34. The van der Waals surface area contributed by atoms with Gasteiger partial charge in [0.1, 0.15) is 0 Å². The molecule has 1 N–H and O–H groups in total. The molecule has 1 amide bonds. The van der Waals surface area contributed by atoms with Crippen molar-refractivity contribution < 1.29 is 4.79 Å². The highest BCUT2D eigenvalue weighted by molar-refractivity contribution is 6.32. The summed E-state index contributed by atoms with van der Waals surface area (Å²) >= 11 is 6.19. The number of amides is 1. The van der Waals surface area contributed by atoms with E-state index in [2.05, 4.69) is 34.4 Å². The number of anilines is 2. The lowest BCUT2D eigenvalue weighted by Crippen LogP contribution is -2.19. The summed E-state index contributed by atoms with van der Waals surface area (Å²) in [5.41, 5.74) is 3.03. The molecule has 2 heterocycles. The molecule has 0 bridgehead atoms. The highest BCUT2D eigenvalue weighted by Gasteiger charge is 2.19. The topological polar surface area (TPSA) is 50.2 Å². The number of carbonyl (C=O) groups excluding carboxylic acids is 1.